The second kappa shape index (κ2) is 7.93. The number of carbonyl (C=O) groups excluding carboxylic acids is 2. The van der Waals surface area contributed by atoms with E-state index in [2.05, 4.69) is 11.4 Å². The van der Waals surface area contributed by atoms with Gasteiger partial charge in [-0.15, -0.1) is 0 Å². The molecule has 0 spiro atoms. The van der Waals surface area contributed by atoms with Crippen LogP contribution >= 0.6 is 0 Å². The molecule has 1 aliphatic rings. The standard InChI is InChI=1S/C21H24N2O5/c1-13-16-11-15(26-3)7-8-17(16)28-18(13)20(25)27-14(2)19(24)23-21(12-22)9-5-4-6-10-21/h7-8,11,14H,4-6,9-10H2,1-3H3,(H,23,24)/t14-/m0/s1. The second-order valence-corrected chi connectivity index (χ2v) is 7.21. The predicted octanol–water partition coefficient (Wildman–Crippen LogP) is 3.64. The number of ether oxygens (including phenoxy) is 2. The molecule has 1 atom stereocenters. The first kappa shape index (κ1) is 19.7. The zero-order chi connectivity index (χ0) is 20.3. The average Bonchev–Trinajstić information content (AvgIpc) is 3.04. The lowest BCUT2D eigenvalue weighted by Crippen LogP contribution is -2.52. The average molecular weight is 384 g/mol. The predicted molar refractivity (Wildman–Crippen MR) is 102 cm³/mol. The number of carbonyl (C=O) groups is 2. The Bertz CT molecular complexity index is 934. The van der Waals surface area contributed by atoms with Crippen molar-refractivity contribution >= 4 is 22.8 Å². The van der Waals surface area contributed by atoms with Crippen LogP contribution in [0.25, 0.3) is 11.0 Å². The fourth-order valence-corrected chi connectivity index (χ4v) is 3.55. The van der Waals surface area contributed by atoms with Crippen molar-refractivity contribution in [1.29, 1.82) is 5.26 Å². The van der Waals surface area contributed by atoms with E-state index < -0.39 is 23.5 Å². The van der Waals surface area contributed by atoms with Crippen LogP contribution in [0.15, 0.2) is 22.6 Å². The Morgan fingerprint density at radius 2 is 2.00 bits per heavy atom. The number of methoxy groups -OCH3 is 1. The number of amides is 1. The molecule has 1 fully saturated rings. The second-order valence-electron chi connectivity index (χ2n) is 7.21. The number of aryl methyl sites for hydroxylation is 1. The van der Waals surface area contributed by atoms with Crippen molar-refractivity contribution in [2.45, 2.75) is 57.6 Å². The van der Waals surface area contributed by atoms with Gasteiger partial charge in [-0.1, -0.05) is 19.3 Å². The van der Waals surface area contributed by atoms with Crippen molar-refractivity contribution in [3.63, 3.8) is 0 Å². The number of hydrogen-bond acceptors (Lipinski definition) is 6. The Balaban J connectivity index is 1.72. The molecule has 0 bridgehead atoms. The van der Waals surface area contributed by atoms with Crippen molar-refractivity contribution < 1.29 is 23.5 Å². The topological polar surface area (TPSA) is 102 Å². The number of nitrogens with zero attached hydrogens (tertiary/aromatic N) is 1. The normalized spacial score (nSPS) is 16.8. The maximum atomic E-state index is 12.6. The highest BCUT2D eigenvalue weighted by molar-refractivity contribution is 5.97. The number of esters is 1. The van der Waals surface area contributed by atoms with E-state index in [1.807, 2.05) is 0 Å². The molecule has 7 nitrogen and oxygen atoms in total. The minimum absolute atomic E-state index is 0.0514. The van der Waals surface area contributed by atoms with Crippen molar-refractivity contribution in [2.24, 2.45) is 0 Å². The summed E-state index contributed by atoms with van der Waals surface area (Å²) in [5.41, 5.74) is 0.280. The first-order valence-corrected chi connectivity index (χ1v) is 9.40. The maximum absolute atomic E-state index is 12.6. The molecule has 0 aliphatic heterocycles. The van der Waals surface area contributed by atoms with Crippen LogP contribution in [0.1, 0.15) is 55.1 Å². The minimum atomic E-state index is -1.04. The SMILES string of the molecule is COc1ccc2oc(C(=O)O[C@@H](C)C(=O)NC3(C#N)CCCCC3)c(C)c2c1. The summed E-state index contributed by atoms with van der Waals surface area (Å²) in [6.07, 6.45) is 3.02. The van der Waals surface area contributed by atoms with Crippen LogP contribution in [-0.4, -0.2) is 30.6 Å². The Morgan fingerprint density at radius 1 is 1.29 bits per heavy atom. The van der Waals surface area contributed by atoms with E-state index in [0.29, 0.717) is 29.7 Å². The van der Waals surface area contributed by atoms with E-state index in [1.54, 1.807) is 32.2 Å². The van der Waals surface area contributed by atoms with Crippen molar-refractivity contribution in [3.8, 4) is 11.8 Å². The molecule has 0 unspecified atom stereocenters. The van der Waals surface area contributed by atoms with Crippen LogP contribution in [0.5, 0.6) is 5.75 Å². The highest BCUT2D eigenvalue weighted by Crippen LogP contribution is 2.30. The van der Waals surface area contributed by atoms with Crippen LogP contribution < -0.4 is 10.1 Å². The molecule has 1 heterocycles. The number of nitrogens with one attached hydrogen (secondary N) is 1. The van der Waals surface area contributed by atoms with Crippen LogP contribution in [0, 0.1) is 18.3 Å². The summed E-state index contributed by atoms with van der Waals surface area (Å²) in [5.74, 6) is -0.494. The molecular formula is C21H24N2O5. The largest absolute Gasteiger partial charge is 0.497 e. The molecule has 0 saturated heterocycles. The van der Waals surface area contributed by atoms with Gasteiger partial charge >= 0.3 is 5.97 Å². The van der Waals surface area contributed by atoms with E-state index in [1.165, 1.54) is 6.92 Å². The lowest BCUT2D eigenvalue weighted by Gasteiger charge is -2.32. The molecule has 28 heavy (non-hydrogen) atoms. The van der Waals surface area contributed by atoms with Crippen LogP contribution in [0.3, 0.4) is 0 Å². The van der Waals surface area contributed by atoms with E-state index in [0.717, 1.165) is 24.6 Å². The molecule has 0 radical (unpaired) electrons. The highest BCUT2D eigenvalue weighted by atomic mass is 16.6. The van der Waals surface area contributed by atoms with Crippen LogP contribution in [0.2, 0.25) is 0 Å². The van der Waals surface area contributed by atoms with E-state index >= 15 is 0 Å². The van der Waals surface area contributed by atoms with Gasteiger partial charge in [0.05, 0.1) is 13.2 Å². The fraction of sp³-hybridized carbons (Fsp3) is 0.476. The maximum Gasteiger partial charge on any atom is 0.375 e. The molecule has 1 aromatic heterocycles. The number of nitriles is 1. The Labute approximate surface area is 163 Å². The molecular weight excluding hydrogens is 360 g/mol. The van der Waals surface area contributed by atoms with Gasteiger partial charge in [0.2, 0.25) is 5.76 Å². The molecule has 1 aliphatic carbocycles. The van der Waals surface area contributed by atoms with Gasteiger partial charge in [0, 0.05) is 10.9 Å². The summed E-state index contributed by atoms with van der Waals surface area (Å²) in [6, 6.07) is 7.46. The molecule has 1 N–H and O–H groups in total. The summed E-state index contributed by atoms with van der Waals surface area (Å²) in [4.78, 5) is 25.0. The monoisotopic (exact) mass is 384 g/mol. The van der Waals surface area contributed by atoms with Gasteiger partial charge in [0.15, 0.2) is 6.10 Å². The van der Waals surface area contributed by atoms with Crippen molar-refractivity contribution in [1.82, 2.24) is 5.32 Å². The minimum Gasteiger partial charge on any atom is -0.497 e. The molecule has 1 amide bonds. The van der Waals surface area contributed by atoms with Gasteiger partial charge in [-0.3, -0.25) is 4.79 Å². The smallest absolute Gasteiger partial charge is 0.375 e. The van der Waals surface area contributed by atoms with Gasteiger partial charge < -0.3 is 19.2 Å². The van der Waals surface area contributed by atoms with Gasteiger partial charge in [0.1, 0.15) is 16.9 Å². The zero-order valence-electron chi connectivity index (χ0n) is 16.3. The molecule has 1 saturated carbocycles. The molecule has 1 aromatic carbocycles. The molecule has 148 valence electrons. The Hall–Kier alpha value is -3.01. The van der Waals surface area contributed by atoms with E-state index in [9.17, 15) is 14.9 Å². The van der Waals surface area contributed by atoms with Gasteiger partial charge in [-0.2, -0.15) is 5.26 Å². The summed E-state index contributed by atoms with van der Waals surface area (Å²) in [5, 5.41) is 13.0. The summed E-state index contributed by atoms with van der Waals surface area (Å²) >= 11 is 0. The third-order valence-corrected chi connectivity index (χ3v) is 5.27. The summed E-state index contributed by atoms with van der Waals surface area (Å²) in [6.45, 7) is 3.24. The molecule has 2 aromatic rings. The highest BCUT2D eigenvalue weighted by Gasteiger charge is 2.35. The van der Waals surface area contributed by atoms with Crippen molar-refractivity contribution in [3.05, 3.63) is 29.5 Å². The lowest BCUT2D eigenvalue weighted by molar-refractivity contribution is -0.130. The fourth-order valence-electron chi connectivity index (χ4n) is 3.55. The summed E-state index contributed by atoms with van der Waals surface area (Å²) < 4.78 is 16.1. The van der Waals surface area contributed by atoms with Crippen molar-refractivity contribution in [2.75, 3.05) is 7.11 Å². The molecule has 3 rings (SSSR count). The van der Waals surface area contributed by atoms with E-state index in [4.69, 9.17) is 13.9 Å². The first-order valence-electron chi connectivity index (χ1n) is 9.40. The Morgan fingerprint density at radius 3 is 2.64 bits per heavy atom. The number of hydrogen-bond donors (Lipinski definition) is 1. The number of fused-ring (bicyclic) bond motifs is 1. The van der Waals surface area contributed by atoms with Gasteiger partial charge in [0.25, 0.3) is 5.91 Å². The Kier molecular flexibility index (Phi) is 5.59. The first-order chi connectivity index (χ1) is 13.4. The van der Waals surface area contributed by atoms with Gasteiger partial charge in [-0.25, -0.2) is 4.79 Å². The number of rotatable bonds is 5. The quantitative estimate of drug-likeness (QED) is 0.790. The number of benzene rings is 1. The van der Waals surface area contributed by atoms with E-state index in [-0.39, 0.29) is 5.76 Å². The lowest BCUT2D eigenvalue weighted by atomic mass is 9.83. The third-order valence-electron chi connectivity index (χ3n) is 5.27. The number of furan rings is 1. The van der Waals surface area contributed by atoms with Gasteiger partial charge in [-0.05, 0) is 44.9 Å². The van der Waals surface area contributed by atoms with Crippen LogP contribution in [-0.2, 0) is 9.53 Å². The third kappa shape index (κ3) is 3.81. The zero-order valence-corrected chi connectivity index (χ0v) is 16.3. The summed E-state index contributed by atoms with van der Waals surface area (Å²) in [7, 11) is 1.56. The molecule has 7 heteroatoms. The van der Waals surface area contributed by atoms with Crippen LogP contribution in [0.4, 0.5) is 0 Å².